The van der Waals surface area contributed by atoms with E-state index in [2.05, 4.69) is 12.2 Å². The molecule has 0 heterocycles. The van der Waals surface area contributed by atoms with Crippen molar-refractivity contribution >= 4 is 29.3 Å². The molecule has 0 aliphatic carbocycles. The number of phenolic OH excluding ortho intramolecular Hbond substituents is 1. The van der Waals surface area contributed by atoms with Crippen LogP contribution >= 0.6 is 0 Å². The number of benzene rings is 2. The molecular formula is C33H47NO9. The first kappa shape index (κ1) is 37.3. The molecule has 238 valence electrons. The van der Waals surface area contributed by atoms with Crippen molar-refractivity contribution in [2.45, 2.75) is 109 Å². The Kier molecular flexibility index (Phi) is 19.0. The van der Waals surface area contributed by atoms with Gasteiger partial charge in [0.1, 0.15) is 18.0 Å². The number of rotatable bonds is 20. The van der Waals surface area contributed by atoms with Gasteiger partial charge in [0.2, 0.25) is 5.91 Å². The predicted molar refractivity (Wildman–Crippen MR) is 164 cm³/mol. The van der Waals surface area contributed by atoms with Crippen LogP contribution in [0.3, 0.4) is 0 Å². The Morgan fingerprint density at radius 1 is 0.721 bits per heavy atom. The molecule has 0 bridgehead atoms. The molecule has 0 spiro atoms. The second kappa shape index (κ2) is 21.9. The van der Waals surface area contributed by atoms with Crippen molar-refractivity contribution in [3.8, 4) is 5.75 Å². The van der Waals surface area contributed by atoms with Crippen molar-refractivity contribution in [1.29, 1.82) is 0 Å². The van der Waals surface area contributed by atoms with Gasteiger partial charge in [-0.15, -0.1) is 0 Å². The number of aliphatic hydroxyl groups excluding tert-OH is 2. The van der Waals surface area contributed by atoms with Gasteiger partial charge >= 0.3 is 11.9 Å². The summed E-state index contributed by atoms with van der Waals surface area (Å²) in [6.45, 7) is 2.14. The van der Waals surface area contributed by atoms with Gasteiger partial charge in [0.15, 0.2) is 5.78 Å². The minimum Gasteiger partial charge on any atom is -0.506 e. The lowest BCUT2D eigenvalue weighted by Gasteiger charge is -2.17. The molecule has 43 heavy (non-hydrogen) atoms. The summed E-state index contributed by atoms with van der Waals surface area (Å²) in [5.41, 5.74) is 0.764. The van der Waals surface area contributed by atoms with Gasteiger partial charge in [-0.2, -0.15) is 0 Å². The normalized spacial score (nSPS) is 12.0. The van der Waals surface area contributed by atoms with E-state index in [4.69, 9.17) is 10.2 Å². The van der Waals surface area contributed by atoms with Crippen LogP contribution in [-0.2, 0) is 14.4 Å². The molecule has 0 radical (unpaired) electrons. The number of carbonyl (C=O) groups excluding carboxylic acids is 2. The van der Waals surface area contributed by atoms with Gasteiger partial charge in [0.25, 0.3) is 0 Å². The molecule has 2 aromatic carbocycles. The third-order valence-corrected chi connectivity index (χ3v) is 6.86. The number of carbonyl (C=O) groups is 4. The molecule has 0 aliphatic rings. The number of aliphatic hydroxyl groups is 2. The Hall–Kier alpha value is -3.76. The number of unbranched alkanes of at least 4 members (excludes halogenated alkanes) is 9. The smallest absolute Gasteiger partial charge is 0.335 e. The fourth-order valence-corrected chi connectivity index (χ4v) is 4.31. The molecule has 0 aliphatic heterocycles. The largest absolute Gasteiger partial charge is 0.506 e. The fraction of sp³-hybridized carbons (Fsp3) is 0.515. The number of hydrogen-bond donors (Lipinski definition) is 6. The minimum absolute atomic E-state index is 0.0138. The summed E-state index contributed by atoms with van der Waals surface area (Å²) in [6, 6.07) is 12.5. The summed E-state index contributed by atoms with van der Waals surface area (Å²) in [5, 5.41) is 49.4. The molecule has 2 atom stereocenters. The van der Waals surface area contributed by atoms with Gasteiger partial charge in [-0.1, -0.05) is 88.6 Å². The molecule has 0 saturated heterocycles. The first-order valence-electron chi connectivity index (χ1n) is 15.1. The lowest BCUT2D eigenvalue weighted by molar-refractivity contribution is -0.137. The van der Waals surface area contributed by atoms with E-state index in [1.165, 1.54) is 18.6 Å². The lowest BCUT2D eigenvalue weighted by Crippen LogP contribution is -2.27. The van der Waals surface area contributed by atoms with E-state index in [1.54, 1.807) is 30.3 Å². The SMILES string of the molecule is CCCCCCCC(=O)Nc1ccc(C(=O)O)cc1O.O=C(O)CCCCCCCCC(=O)C(O)C(O)c1ccccc1. The quantitative estimate of drug-likeness (QED) is 0.0755. The van der Waals surface area contributed by atoms with Crippen LogP contribution < -0.4 is 5.32 Å². The van der Waals surface area contributed by atoms with Crippen molar-refractivity contribution < 1.29 is 44.7 Å². The maximum absolute atomic E-state index is 11.9. The average Bonchev–Trinajstić information content (AvgIpc) is 2.99. The number of ketones is 1. The zero-order chi connectivity index (χ0) is 32.0. The molecule has 2 aromatic rings. The van der Waals surface area contributed by atoms with Gasteiger partial charge in [0, 0.05) is 19.3 Å². The van der Waals surface area contributed by atoms with Crippen LogP contribution in [0, 0.1) is 0 Å². The first-order chi connectivity index (χ1) is 20.6. The zero-order valence-corrected chi connectivity index (χ0v) is 25.0. The number of Topliss-reactive ketones (excluding diaryl/α,β-unsaturated/α-hetero) is 1. The van der Waals surface area contributed by atoms with E-state index in [9.17, 15) is 34.5 Å². The molecule has 10 heteroatoms. The molecule has 1 amide bonds. The Bertz CT molecular complexity index is 1120. The Morgan fingerprint density at radius 2 is 1.28 bits per heavy atom. The molecule has 0 fully saturated rings. The van der Waals surface area contributed by atoms with Crippen molar-refractivity contribution in [2.75, 3.05) is 5.32 Å². The molecule has 6 N–H and O–H groups in total. The fourth-order valence-electron chi connectivity index (χ4n) is 4.31. The summed E-state index contributed by atoms with van der Waals surface area (Å²) < 4.78 is 0. The van der Waals surface area contributed by atoms with Crippen LogP contribution in [0.15, 0.2) is 48.5 Å². The molecule has 10 nitrogen and oxygen atoms in total. The average molecular weight is 602 g/mol. The van der Waals surface area contributed by atoms with Gasteiger partial charge in [-0.05, 0) is 43.0 Å². The Morgan fingerprint density at radius 3 is 1.84 bits per heavy atom. The third-order valence-electron chi connectivity index (χ3n) is 6.86. The number of aromatic hydroxyl groups is 1. The molecule has 0 saturated carbocycles. The highest BCUT2D eigenvalue weighted by molar-refractivity contribution is 5.94. The predicted octanol–water partition coefficient (Wildman–Crippen LogP) is 6.24. The number of carboxylic acids is 2. The van der Waals surface area contributed by atoms with E-state index >= 15 is 0 Å². The number of aromatic carboxylic acids is 1. The number of hydrogen-bond acceptors (Lipinski definition) is 7. The van der Waals surface area contributed by atoms with Crippen molar-refractivity contribution in [2.24, 2.45) is 0 Å². The van der Waals surface area contributed by atoms with Gasteiger partial charge in [0.05, 0.1) is 11.3 Å². The summed E-state index contributed by atoms with van der Waals surface area (Å²) in [7, 11) is 0. The Labute approximate surface area is 253 Å². The van der Waals surface area contributed by atoms with E-state index in [0.717, 1.165) is 57.4 Å². The highest BCUT2D eigenvalue weighted by Gasteiger charge is 2.24. The van der Waals surface area contributed by atoms with Crippen LogP contribution in [0.25, 0.3) is 0 Å². The van der Waals surface area contributed by atoms with E-state index < -0.39 is 24.1 Å². The Balaban J connectivity index is 0.000000434. The van der Waals surface area contributed by atoms with E-state index in [0.29, 0.717) is 24.8 Å². The third kappa shape index (κ3) is 16.5. The van der Waals surface area contributed by atoms with Gasteiger partial charge in [-0.3, -0.25) is 14.4 Å². The highest BCUT2D eigenvalue weighted by Crippen LogP contribution is 2.25. The summed E-state index contributed by atoms with van der Waals surface area (Å²) in [4.78, 5) is 44.6. The number of carboxylic acid groups (broad SMARTS) is 2. The molecule has 2 unspecified atom stereocenters. The molecule has 2 rings (SSSR count). The summed E-state index contributed by atoms with van der Waals surface area (Å²) in [5.74, 6) is -2.62. The maximum Gasteiger partial charge on any atom is 0.335 e. The van der Waals surface area contributed by atoms with Gasteiger partial charge in [-0.25, -0.2) is 4.79 Å². The van der Waals surface area contributed by atoms with Crippen molar-refractivity contribution in [3.05, 3.63) is 59.7 Å². The minimum atomic E-state index is -1.38. The number of aliphatic carboxylic acids is 1. The summed E-state index contributed by atoms with van der Waals surface area (Å²) in [6.07, 6.45) is 8.64. The summed E-state index contributed by atoms with van der Waals surface area (Å²) >= 11 is 0. The van der Waals surface area contributed by atoms with E-state index in [1.807, 2.05) is 0 Å². The highest BCUT2D eigenvalue weighted by atomic mass is 16.4. The number of anilines is 1. The van der Waals surface area contributed by atoms with E-state index in [-0.39, 0.29) is 41.5 Å². The van der Waals surface area contributed by atoms with Gasteiger partial charge < -0.3 is 30.8 Å². The monoisotopic (exact) mass is 601 g/mol. The number of nitrogens with one attached hydrogen (secondary N) is 1. The number of amides is 1. The number of phenols is 1. The second-order valence-electron chi connectivity index (χ2n) is 10.5. The van der Waals surface area contributed by atoms with Crippen LogP contribution in [-0.4, -0.2) is 55.3 Å². The second-order valence-corrected chi connectivity index (χ2v) is 10.5. The maximum atomic E-state index is 11.9. The van der Waals surface area contributed by atoms with Crippen LogP contribution in [0.2, 0.25) is 0 Å². The standard InChI is InChI=1S/C18H26O5.C15H21NO4/c19-15(12-8-3-1-2-4-9-13-16(20)21)18(23)17(22)14-10-6-5-7-11-14;1-2-3-4-5-6-7-14(18)16-12-9-8-11(15(19)20)10-13(12)17/h5-7,10-11,17-18,22-23H,1-4,8-9,12-13H2,(H,20,21);8-10,17H,2-7H2,1H3,(H,16,18)(H,19,20). The zero-order valence-electron chi connectivity index (χ0n) is 25.0. The van der Waals surface area contributed by atoms with Crippen LogP contribution in [0.1, 0.15) is 119 Å². The topological polar surface area (TPSA) is 181 Å². The van der Waals surface area contributed by atoms with Crippen molar-refractivity contribution in [1.82, 2.24) is 0 Å². The first-order valence-corrected chi connectivity index (χ1v) is 15.1. The molecule has 0 aromatic heterocycles. The molecular weight excluding hydrogens is 554 g/mol. The lowest BCUT2D eigenvalue weighted by atomic mass is 9.98. The van der Waals surface area contributed by atoms with Crippen LogP contribution in [0.4, 0.5) is 5.69 Å². The van der Waals surface area contributed by atoms with Crippen molar-refractivity contribution in [3.63, 3.8) is 0 Å². The van der Waals surface area contributed by atoms with Crippen LogP contribution in [0.5, 0.6) is 5.75 Å².